The molecule has 1 heterocycles. The summed E-state index contributed by atoms with van der Waals surface area (Å²) in [6.45, 7) is 1.45. The lowest BCUT2D eigenvalue weighted by molar-refractivity contribution is -0.119. The minimum Gasteiger partial charge on any atom is -0.489 e. The molecule has 0 radical (unpaired) electrons. The fourth-order valence-corrected chi connectivity index (χ4v) is 5.46. The Bertz CT molecular complexity index is 1290. The second kappa shape index (κ2) is 11.3. The second-order valence-electron chi connectivity index (χ2n) is 7.94. The highest BCUT2D eigenvalue weighted by atomic mass is 79.9. The number of benzene rings is 3. The molecule has 1 aliphatic heterocycles. The van der Waals surface area contributed by atoms with Crippen molar-refractivity contribution in [2.24, 2.45) is 5.10 Å². The van der Waals surface area contributed by atoms with E-state index in [1.54, 1.807) is 36.4 Å². The van der Waals surface area contributed by atoms with Crippen LogP contribution >= 0.6 is 27.7 Å². The van der Waals surface area contributed by atoms with Crippen molar-refractivity contribution in [3.8, 4) is 5.75 Å². The van der Waals surface area contributed by atoms with E-state index in [1.807, 2.05) is 43.0 Å². The van der Waals surface area contributed by atoms with E-state index in [4.69, 9.17) is 4.74 Å². The molecule has 1 fully saturated rings. The summed E-state index contributed by atoms with van der Waals surface area (Å²) in [6, 6.07) is 20.6. The van der Waals surface area contributed by atoms with E-state index in [9.17, 15) is 13.2 Å². The predicted octanol–water partition coefficient (Wildman–Crippen LogP) is 4.60. The molecule has 0 saturated carbocycles. The van der Waals surface area contributed by atoms with Gasteiger partial charge in [0.15, 0.2) is 0 Å². The van der Waals surface area contributed by atoms with E-state index in [1.165, 1.54) is 18.3 Å². The number of amides is 1. The first kappa shape index (κ1) is 25.3. The lowest BCUT2D eigenvalue weighted by Crippen LogP contribution is -2.39. The summed E-state index contributed by atoms with van der Waals surface area (Å²) in [4.78, 5) is 12.8. The first-order valence-electron chi connectivity index (χ1n) is 10.8. The SMILES string of the molecule is Cc1ccc(S(=O)(=O)N(CC(=O)N/N=C\c2ccc(OC3CSC3)cc2)c2ccc(Br)cc2)cc1. The maximum absolute atomic E-state index is 13.4. The zero-order chi connectivity index (χ0) is 24.8. The molecule has 0 bridgehead atoms. The van der Waals surface area contributed by atoms with E-state index in [0.717, 1.165) is 37.2 Å². The fourth-order valence-electron chi connectivity index (χ4n) is 3.21. The van der Waals surface area contributed by atoms with Crippen molar-refractivity contribution < 1.29 is 17.9 Å². The number of carbonyl (C=O) groups excluding carboxylic acids is 1. The van der Waals surface area contributed by atoms with Crippen LogP contribution in [-0.2, 0) is 14.8 Å². The molecule has 0 unspecified atom stereocenters. The number of nitrogens with zero attached hydrogens (tertiary/aromatic N) is 2. The van der Waals surface area contributed by atoms with Crippen molar-refractivity contribution in [2.45, 2.75) is 17.9 Å². The monoisotopic (exact) mass is 573 g/mol. The minimum atomic E-state index is -3.98. The van der Waals surface area contributed by atoms with Crippen LogP contribution in [-0.4, -0.2) is 44.7 Å². The van der Waals surface area contributed by atoms with Crippen LogP contribution in [0.25, 0.3) is 0 Å². The van der Waals surface area contributed by atoms with Gasteiger partial charge in [0.2, 0.25) is 0 Å². The first-order valence-corrected chi connectivity index (χ1v) is 14.2. The third-order valence-electron chi connectivity index (χ3n) is 5.20. The van der Waals surface area contributed by atoms with Gasteiger partial charge >= 0.3 is 0 Å². The van der Waals surface area contributed by atoms with E-state index in [-0.39, 0.29) is 11.0 Å². The Balaban J connectivity index is 1.45. The summed E-state index contributed by atoms with van der Waals surface area (Å²) < 4.78 is 34.4. The Kier molecular flexibility index (Phi) is 8.15. The molecule has 3 aromatic rings. The molecule has 1 amide bonds. The molecular weight excluding hydrogens is 550 g/mol. The maximum Gasteiger partial charge on any atom is 0.264 e. The number of thioether (sulfide) groups is 1. The van der Waals surface area contributed by atoms with Crippen molar-refractivity contribution in [2.75, 3.05) is 22.4 Å². The van der Waals surface area contributed by atoms with Gasteiger partial charge < -0.3 is 4.74 Å². The second-order valence-corrected chi connectivity index (χ2v) is 11.8. The number of aryl methyl sites for hydroxylation is 1. The van der Waals surface area contributed by atoms with E-state index < -0.39 is 22.5 Å². The summed E-state index contributed by atoms with van der Waals surface area (Å²) in [6.07, 6.45) is 1.77. The van der Waals surface area contributed by atoms with Gasteiger partial charge in [-0.2, -0.15) is 16.9 Å². The van der Waals surface area contributed by atoms with Gasteiger partial charge in [0, 0.05) is 16.0 Å². The fraction of sp³-hybridized carbons (Fsp3) is 0.200. The Morgan fingerprint density at radius 1 is 1.09 bits per heavy atom. The summed E-state index contributed by atoms with van der Waals surface area (Å²) >= 11 is 5.21. The van der Waals surface area contributed by atoms with Crippen molar-refractivity contribution in [3.63, 3.8) is 0 Å². The molecular formula is C25H24BrN3O4S2. The topological polar surface area (TPSA) is 88.1 Å². The Labute approximate surface area is 217 Å². The Hall–Kier alpha value is -2.82. The molecule has 1 saturated heterocycles. The third kappa shape index (κ3) is 6.65. The number of anilines is 1. The molecule has 3 aromatic carbocycles. The van der Waals surface area contributed by atoms with E-state index in [0.29, 0.717) is 5.69 Å². The van der Waals surface area contributed by atoms with Crippen molar-refractivity contribution in [1.82, 2.24) is 5.43 Å². The zero-order valence-electron chi connectivity index (χ0n) is 18.9. The number of carbonyl (C=O) groups is 1. The van der Waals surface area contributed by atoms with Gasteiger partial charge in [0.1, 0.15) is 18.4 Å². The summed E-state index contributed by atoms with van der Waals surface area (Å²) in [5.74, 6) is 2.24. The summed E-state index contributed by atoms with van der Waals surface area (Å²) in [5, 5.41) is 3.99. The maximum atomic E-state index is 13.4. The molecule has 1 aliphatic rings. The van der Waals surface area contributed by atoms with Crippen LogP contribution in [0.15, 0.2) is 87.3 Å². The molecule has 0 atom stereocenters. The number of ether oxygens (including phenoxy) is 1. The molecule has 7 nitrogen and oxygen atoms in total. The van der Waals surface area contributed by atoms with Gasteiger partial charge in [-0.15, -0.1) is 0 Å². The highest BCUT2D eigenvalue weighted by Gasteiger charge is 2.27. The number of nitrogens with one attached hydrogen (secondary N) is 1. The Morgan fingerprint density at radius 3 is 2.34 bits per heavy atom. The minimum absolute atomic E-state index is 0.102. The number of hydrazone groups is 1. The van der Waals surface area contributed by atoms with Gasteiger partial charge in [-0.05, 0) is 73.2 Å². The molecule has 182 valence electrons. The molecule has 35 heavy (non-hydrogen) atoms. The molecule has 0 aliphatic carbocycles. The summed E-state index contributed by atoms with van der Waals surface area (Å²) in [7, 11) is -3.98. The average molecular weight is 575 g/mol. The van der Waals surface area contributed by atoms with Gasteiger partial charge in [0.05, 0.1) is 16.8 Å². The number of halogens is 1. The largest absolute Gasteiger partial charge is 0.489 e. The molecule has 4 rings (SSSR count). The number of sulfonamides is 1. The van der Waals surface area contributed by atoms with Gasteiger partial charge in [-0.1, -0.05) is 33.6 Å². The number of hydrogen-bond acceptors (Lipinski definition) is 6. The lowest BCUT2D eigenvalue weighted by Gasteiger charge is -2.25. The van der Waals surface area contributed by atoms with E-state index in [2.05, 4.69) is 26.5 Å². The highest BCUT2D eigenvalue weighted by Crippen LogP contribution is 2.26. The van der Waals surface area contributed by atoms with Crippen LogP contribution in [0.1, 0.15) is 11.1 Å². The van der Waals surface area contributed by atoms with Crippen LogP contribution < -0.4 is 14.5 Å². The average Bonchev–Trinajstić information content (AvgIpc) is 2.82. The van der Waals surface area contributed by atoms with Crippen LogP contribution in [0.5, 0.6) is 5.75 Å². The van der Waals surface area contributed by atoms with Crippen LogP contribution in [0.3, 0.4) is 0 Å². The molecule has 0 spiro atoms. The first-order chi connectivity index (χ1) is 16.8. The Morgan fingerprint density at radius 2 is 1.74 bits per heavy atom. The summed E-state index contributed by atoms with van der Waals surface area (Å²) in [5.41, 5.74) is 4.50. The molecule has 10 heteroatoms. The molecule has 1 N–H and O–H groups in total. The predicted molar refractivity (Wildman–Crippen MR) is 144 cm³/mol. The van der Waals surface area contributed by atoms with Crippen LogP contribution in [0, 0.1) is 6.92 Å². The van der Waals surface area contributed by atoms with Gasteiger partial charge in [-0.25, -0.2) is 13.8 Å². The smallest absolute Gasteiger partial charge is 0.264 e. The van der Waals surface area contributed by atoms with Gasteiger partial charge in [-0.3, -0.25) is 9.10 Å². The van der Waals surface area contributed by atoms with Crippen LogP contribution in [0.4, 0.5) is 5.69 Å². The number of hydrogen-bond donors (Lipinski definition) is 1. The van der Waals surface area contributed by atoms with Crippen molar-refractivity contribution in [1.29, 1.82) is 0 Å². The third-order valence-corrected chi connectivity index (χ3v) is 8.74. The van der Waals surface area contributed by atoms with Crippen molar-refractivity contribution >= 4 is 55.5 Å². The van der Waals surface area contributed by atoms with Crippen molar-refractivity contribution in [3.05, 3.63) is 88.4 Å². The normalized spacial score (nSPS) is 13.9. The quantitative estimate of drug-likeness (QED) is 0.298. The molecule has 0 aromatic heterocycles. The van der Waals surface area contributed by atoms with E-state index >= 15 is 0 Å². The van der Waals surface area contributed by atoms with Gasteiger partial charge in [0.25, 0.3) is 15.9 Å². The number of rotatable bonds is 9. The lowest BCUT2D eigenvalue weighted by atomic mass is 10.2. The zero-order valence-corrected chi connectivity index (χ0v) is 22.1. The highest BCUT2D eigenvalue weighted by molar-refractivity contribution is 9.10. The standard InChI is InChI=1S/C25H24BrN3O4S2/c1-18-2-12-24(13-3-18)35(31,32)29(21-8-6-20(26)7-9-21)15-25(30)28-27-14-19-4-10-22(11-5-19)33-23-16-34-17-23/h2-14,23H,15-17H2,1H3,(H,28,30)/b27-14-. The van der Waals surface area contributed by atoms with Crippen LogP contribution in [0.2, 0.25) is 0 Å².